The molecule has 0 saturated heterocycles. The van der Waals surface area contributed by atoms with Crippen molar-refractivity contribution in [1.29, 1.82) is 0 Å². The van der Waals surface area contributed by atoms with Crippen molar-refractivity contribution in [3.8, 4) is 11.5 Å². The summed E-state index contributed by atoms with van der Waals surface area (Å²) in [4.78, 5) is 12.1. The molecule has 0 unspecified atom stereocenters. The van der Waals surface area contributed by atoms with Crippen LogP contribution in [0.25, 0.3) is 0 Å². The number of carbonyl (C=O) groups excluding carboxylic acids is 1. The third kappa shape index (κ3) is 4.46. The Morgan fingerprint density at radius 2 is 1.58 bits per heavy atom. The molecule has 0 aromatic heterocycles. The molecular formula is C21H19NO2. The van der Waals surface area contributed by atoms with Gasteiger partial charge in [-0.05, 0) is 48.9 Å². The van der Waals surface area contributed by atoms with E-state index in [2.05, 4.69) is 5.32 Å². The number of ether oxygens (including phenoxy) is 1. The molecule has 0 aliphatic rings. The third-order valence-electron chi connectivity index (χ3n) is 3.56. The van der Waals surface area contributed by atoms with E-state index in [0.29, 0.717) is 6.42 Å². The lowest BCUT2D eigenvalue weighted by Gasteiger charge is -2.08. The highest BCUT2D eigenvalue weighted by atomic mass is 16.5. The predicted octanol–water partition coefficient (Wildman–Crippen LogP) is 4.97. The zero-order valence-corrected chi connectivity index (χ0v) is 13.5. The monoisotopic (exact) mass is 317 g/mol. The lowest BCUT2D eigenvalue weighted by atomic mass is 10.1. The van der Waals surface area contributed by atoms with E-state index in [9.17, 15) is 4.79 Å². The predicted molar refractivity (Wildman–Crippen MR) is 96.5 cm³/mol. The van der Waals surface area contributed by atoms with Crippen molar-refractivity contribution in [1.82, 2.24) is 0 Å². The summed E-state index contributed by atoms with van der Waals surface area (Å²) in [6.07, 6.45) is 0.365. The minimum absolute atomic E-state index is 0.0303. The van der Waals surface area contributed by atoms with Crippen LogP contribution in [0.5, 0.6) is 11.5 Å². The highest BCUT2D eigenvalue weighted by Gasteiger charge is 2.05. The third-order valence-corrected chi connectivity index (χ3v) is 3.56. The Balaban J connectivity index is 1.58. The highest BCUT2D eigenvalue weighted by Crippen LogP contribution is 2.22. The maximum atomic E-state index is 12.1. The largest absolute Gasteiger partial charge is 0.457 e. The van der Waals surface area contributed by atoms with E-state index >= 15 is 0 Å². The Hall–Kier alpha value is -3.07. The van der Waals surface area contributed by atoms with Gasteiger partial charge in [-0.2, -0.15) is 0 Å². The lowest BCUT2D eigenvalue weighted by Crippen LogP contribution is -2.14. The number of rotatable bonds is 5. The number of nitrogens with one attached hydrogen (secondary N) is 1. The second-order valence-electron chi connectivity index (χ2n) is 5.65. The number of benzene rings is 3. The summed E-state index contributed by atoms with van der Waals surface area (Å²) in [5.74, 6) is 1.49. The van der Waals surface area contributed by atoms with Gasteiger partial charge in [-0.25, -0.2) is 0 Å². The minimum atomic E-state index is -0.0303. The smallest absolute Gasteiger partial charge is 0.228 e. The molecule has 0 spiro atoms. The van der Waals surface area contributed by atoms with Crippen LogP contribution < -0.4 is 10.1 Å². The van der Waals surface area contributed by atoms with Crippen molar-refractivity contribution in [2.45, 2.75) is 13.3 Å². The Morgan fingerprint density at radius 1 is 0.875 bits per heavy atom. The van der Waals surface area contributed by atoms with E-state index in [4.69, 9.17) is 4.74 Å². The second-order valence-corrected chi connectivity index (χ2v) is 5.65. The second kappa shape index (κ2) is 7.47. The van der Waals surface area contributed by atoms with E-state index in [1.807, 2.05) is 85.8 Å². The van der Waals surface area contributed by atoms with Crippen LogP contribution in [0, 0.1) is 6.92 Å². The Labute approximate surface area is 141 Å². The number of amides is 1. The SMILES string of the molecule is Cc1cccc(CC(=O)Nc2ccc(Oc3ccccc3)cc2)c1. The first kappa shape index (κ1) is 15.8. The number of para-hydroxylation sites is 1. The summed E-state index contributed by atoms with van der Waals surface area (Å²) in [7, 11) is 0. The van der Waals surface area contributed by atoms with Crippen molar-refractivity contribution >= 4 is 11.6 Å². The molecule has 3 aromatic carbocycles. The average Bonchev–Trinajstić information content (AvgIpc) is 2.57. The summed E-state index contributed by atoms with van der Waals surface area (Å²) < 4.78 is 5.73. The molecule has 0 radical (unpaired) electrons. The lowest BCUT2D eigenvalue weighted by molar-refractivity contribution is -0.115. The zero-order valence-electron chi connectivity index (χ0n) is 13.5. The summed E-state index contributed by atoms with van der Waals surface area (Å²) in [6.45, 7) is 2.02. The number of hydrogen-bond donors (Lipinski definition) is 1. The summed E-state index contributed by atoms with van der Waals surface area (Å²) in [5.41, 5.74) is 2.92. The van der Waals surface area contributed by atoms with E-state index in [0.717, 1.165) is 28.3 Å². The molecule has 3 rings (SSSR count). The Bertz CT molecular complexity index is 811. The standard InChI is InChI=1S/C21H19NO2/c1-16-6-5-7-17(14-16)15-21(23)22-18-10-12-20(13-11-18)24-19-8-3-2-4-9-19/h2-14H,15H2,1H3,(H,22,23). The maximum absolute atomic E-state index is 12.1. The van der Waals surface area contributed by atoms with Crippen molar-refractivity contribution in [3.63, 3.8) is 0 Å². The molecular weight excluding hydrogens is 298 g/mol. The first-order valence-corrected chi connectivity index (χ1v) is 7.87. The van der Waals surface area contributed by atoms with Gasteiger partial charge in [0.15, 0.2) is 0 Å². The number of aryl methyl sites for hydroxylation is 1. The van der Waals surface area contributed by atoms with Crippen LogP contribution in [0.3, 0.4) is 0 Å². The average molecular weight is 317 g/mol. The molecule has 0 aliphatic heterocycles. The Kier molecular flexibility index (Phi) is 4.92. The van der Waals surface area contributed by atoms with Crippen LogP contribution in [0.1, 0.15) is 11.1 Å². The molecule has 1 N–H and O–H groups in total. The zero-order chi connectivity index (χ0) is 16.8. The van der Waals surface area contributed by atoms with Gasteiger partial charge in [-0.3, -0.25) is 4.79 Å². The van der Waals surface area contributed by atoms with Gasteiger partial charge < -0.3 is 10.1 Å². The molecule has 3 aromatic rings. The first-order valence-electron chi connectivity index (χ1n) is 7.87. The molecule has 1 amide bonds. The quantitative estimate of drug-likeness (QED) is 0.721. The minimum Gasteiger partial charge on any atom is -0.457 e. The normalized spacial score (nSPS) is 10.2. The van der Waals surface area contributed by atoms with Crippen LogP contribution in [-0.2, 0) is 11.2 Å². The fraction of sp³-hybridized carbons (Fsp3) is 0.0952. The molecule has 0 fully saturated rings. The van der Waals surface area contributed by atoms with Gasteiger partial charge in [0.2, 0.25) is 5.91 Å². The molecule has 0 aliphatic carbocycles. The molecule has 0 saturated carbocycles. The van der Waals surface area contributed by atoms with Crippen molar-refractivity contribution < 1.29 is 9.53 Å². The van der Waals surface area contributed by atoms with Gasteiger partial charge in [0, 0.05) is 5.69 Å². The van der Waals surface area contributed by atoms with Crippen LogP contribution in [-0.4, -0.2) is 5.91 Å². The van der Waals surface area contributed by atoms with Crippen LogP contribution >= 0.6 is 0 Å². The van der Waals surface area contributed by atoms with Crippen molar-refractivity contribution in [2.75, 3.05) is 5.32 Å². The number of anilines is 1. The van der Waals surface area contributed by atoms with Crippen LogP contribution in [0.15, 0.2) is 78.9 Å². The molecule has 0 atom stereocenters. The van der Waals surface area contributed by atoms with Gasteiger partial charge in [0.25, 0.3) is 0 Å². The molecule has 120 valence electrons. The topological polar surface area (TPSA) is 38.3 Å². The van der Waals surface area contributed by atoms with Crippen LogP contribution in [0.2, 0.25) is 0 Å². The van der Waals surface area contributed by atoms with Gasteiger partial charge >= 0.3 is 0 Å². The molecule has 0 bridgehead atoms. The highest BCUT2D eigenvalue weighted by molar-refractivity contribution is 5.92. The summed E-state index contributed by atoms with van der Waals surface area (Å²) in [6, 6.07) is 24.9. The van der Waals surface area contributed by atoms with E-state index in [-0.39, 0.29) is 5.91 Å². The fourth-order valence-electron chi connectivity index (χ4n) is 2.44. The maximum Gasteiger partial charge on any atom is 0.228 e. The van der Waals surface area contributed by atoms with E-state index in [1.165, 1.54) is 0 Å². The number of carbonyl (C=O) groups is 1. The summed E-state index contributed by atoms with van der Waals surface area (Å²) in [5, 5.41) is 2.91. The van der Waals surface area contributed by atoms with Crippen molar-refractivity contribution in [3.05, 3.63) is 90.0 Å². The van der Waals surface area contributed by atoms with Gasteiger partial charge in [0.1, 0.15) is 11.5 Å². The van der Waals surface area contributed by atoms with Gasteiger partial charge in [0.05, 0.1) is 6.42 Å². The van der Waals surface area contributed by atoms with Gasteiger partial charge in [-0.1, -0.05) is 48.0 Å². The molecule has 3 heteroatoms. The molecule has 0 heterocycles. The van der Waals surface area contributed by atoms with E-state index < -0.39 is 0 Å². The van der Waals surface area contributed by atoms with Gasteiger partial charge in [-0.15, -0.1) is 0 Å². The van der Waals surface area contributed by atoms with Crippen LogP contribution in [0.4, 0.5) is 5.69 Å². The number of hydrogen-bond acceptors (Lipinski definition) is 2. The molecule has 3 nitrogen and oxygen atoms in total. The van der Waals surface area contributed by atoms with E-state index in [1.54, 1.807) is 0 Å². The first-order chi connectivity index (χ1) is 11.7. The summed E-state index contributed by atoms with van der Waals surface area (Å²) >= 11 is 0. The molecule has 24 heavy (non-hydrogen) atoms. The fourth-order valence-corrected chi connectivity index (χ4v) is 2.44. The Morgan fingerprint density at radius 3 is 2.29 bits per heavy atom. The van der Waals surface area contributed by atoms with Crippen molar-refractivity contribution in [2.24, 2.45) is 0 Å².